The highest BCUT2D eigenvalue weighted by molar-refractivity contribution is 6.43. The molecule has 0 saturated carbocycles. The van der Waals surface area contributed by atoms with Gasteiger partial charge in [-0.15, -0.1) is 5.73 Å². The molecule has 0 amide bonds. The summed E-state index contributed by atoms with van der Waals surface area (Å²) < 4.78 is 27.1. The van der Waals surface area contributed by atoms with Crippen LogP contribution in [-0.4, -0.2) is 67.8 Å². The van der Waals surface area contributed by atoms with Crippen LogP contribution in [-0.2, 0) is 6.42 Å². The number of likely N-dealkylation sites (tertiary alicyclic amines) is 2. The van der Waals surface area contributed by atoms with Gasteiger partial charge in [-0.25, -0.2) is 8.78 Å². The highest BCUT2D eigenvalue weighted by atomic mass is 19.1. The van der Waals surface area contributed by atoms with Gasteiger partial charge >= 0.3 is 0 Å². The summed E-state index contributed by atoms with van der Waals surface area (Å²) in [4.78, 5) is 14.2. The van der Waals surface area contributed by atoms with Crippen LogP contribution in [0.4, 0.5) is 8.78 Å². The Kier molecular flexibility index (Phi) is 8.52. The number of halogens is 2. The molecule has 0 aliphatic carbocycles. The molecule has 2 saturated heterocycles. The van der Waals surface area contributed by atoms with Crippen LogP contribution in [0.1, 0.15) is 31.7 Å². The molecular formula is C24H33F2N5. The lowest BCUT2D eigenvalue weighted by molar-refractivity contribution is 0.188. The van der Waals surface area contributed by atoms with Crippen molar-refractivity contribution in [2.75, 3.05) is 46.6 Å². The van der Waals surface area contributed by atoms with Gasteiger partial charge in [0.05, 0.1) is 37.0 Å². The zero-order valence-electron chi connectivity index (χ0n) is 18.6. The number of allylic oxidation sites excluding steroid dienone is 1. The molecule has 1 aromatic carbocycles. The number of aliphatic imine (C=N–C) groups is 2. The third-order valence-electron chi connectivity index (χ3n) is 6.14. The first-order valence-electron chi connectivity index (χ1n) is 11.0. The van der Waals surface area contributed by atoms with Gasteiger partial charge in [-0.1, -0.05) is 12.6 Å². The van der Waals surface area contributed by atoms with Crippen LogP contribution in [0.5, 0.6) is 0 Å². The van der Waals surface area contributed by atoms with Crippen molar-refractivity contribution in [3.8, 4) is 0 Å². The summed E-state index contributed by atoms with van der Waals surface area (Å²) in [5.74, 6) is -0.539. The van der Waals surface area contributed by atoms with E-state index in [4.69, 9.17) is 4.99 Å². The Hall–Kier alpha value is -2.34. The molecule has 5 nitrogen and oxygen atoms in total. The van der Waals surface area contributed by atoms with Crippen molar-refractivity contribution in [1.29, 1.82) is 0 Å². The van der Waals surface area contributed by atoms with Gasteiger partial charge in [-0.2, -0.15) is 0 Å². The van der Waals surface area contributed by atoms with E-state index in [0.717, 1.165) is 68.6 Å². The lowest BCUT2D eigenvalue weighted by Crippen LogP contribution is -2.42. The van der Waals surface area contributed by atoms with E-state index >= 15 is 0 Å². The second-order valence-corrected chi connectivity index (χ2v) is 8.30. The summed E-state index contributed by atoms with van der Waals surface area (Å²) >= 11 is 0. The summed E-state index contributed by atoms with van der Waals surface area (Å²) in [6.07, 6.45) is 3.52. The first kappa shape index (κ1) is 23.3. The maximum Gasteiger partial charge on any atom is 0.129 e. The van der Waals surface area contributed by atoms with Crippen molar-refractivity contribution >= 4 is 11.4 Å². The Bertz CT molecular complexity index is 865. The standard InChI is InChI=1S/C24H33F2N5/c1-4-18(2)31-12-9-23(28-16-27-3)24(15-31)29-17-30-10-7-19(8-11-30)13-20-5-6-21(25)14-22(20)26/h5-6,14,19,27H,1,7-13,15-17H2,2-3H3/b28-23-,29-24-. The van der Waals surface area contributed by atoms with Crippen LogP contribution in [0.2, 0.25) is 0 Å². The Labute approximate surface area is 184 Å². The molecule has 3 rings (SSSR count). The molecule has 0 unspecified atom stereocenters. The summed E-state index contributed by atoms with van der Waals surface area (Å²) in [5.41, 5.74) is 6.73. The van der Waals surface area contributed by atoms with E-state index in [1.165, 1.54) is 6.07 Å². The molecule has 0 atom stereocenters. The lowest BCUT2D eigenvalue weighted by atomic mass is 9.90. The third kappa shape index (κ3) is 6.57. The molecule has 1 aromatic rings. The van der Waals surface area contributed by atoms with E-state index in [0.29, 0.717) is 31.2 Å². The fourth-order valence-corrected chi connectivity index (χ4v) is 4.14. The van der Waals surface area contributed by atoms with Crippen molar-refractivity contribution in [3.05, 3.63) is 53.4 Å². The van der Waals surface area contributed by atoms with Gasteiger partial charge in [0.1, 0.15) is 11.6 Å². The van der Waals surface area contributed by atoms with Crippen LogP contribution < -0.4 is 5.32 Å². The smallest absolute Gasteiger partial charge is 0.129 e. The van der Waals surface area contributed by atoms with E-state index < -0.39 is 11.6 Å². The second kappa shape index (κ2) is 11.3. The topological polar surface area (TPSA) is 43.2 Å². The maximum atomic E-state index is 14.0. The predicted octanol–water partition coefficient (Wildman–Crippen LogP) is 3.63. The Morgan fingerprint density at radius 3 is 2.65 bits per heavy atom. The zero-order valence-corrected chi connectivity index (χ0v) is 18.6. The van der Waals surface area contributed by atoms with Crippen LogP contribution in [0.3, 0.4) is 0 Å². The molecule has 0 aromatic heterocycles. The summed E-state index contributed by atoms with van der Waals surface area (Å²) in [6, 6.07) is 3.89. The van der Waals surface area contributed by atoms with E-state index in [-0.39, 0.29) is 0 Å². The number of nitrogens with zero attached hydrogens (tertiary/aromatic N) is 4. The van der Waals surface area contributed by atoms with Gasteiger partial charge in [0, 0.05) is 32.1 Å². The average molecular weight is 430 g/mol. The van der Waals surface area contributed by atoms with E-state index in [2.05, 4.69) is 32.4 Å². The zero-order chi connectivity index (χ0) is 22.2. The molecule has 7 heteroatoms. The second-order valence-electron chi connectivity index (χ2n) is 8.30. The van der Waals surface area contributed by atoms with Gasteiger partial charge in [-0.3, -0.25) is 14.9 Å². The molecule has 0 spiro atoms. The fourth-order valence-electron chi connectivity index (χ4n) is 4.14. The van der Waals surface area contributed by atoms with Crippen LogP contribution >= 0.6 is 0 Å². The van der Waals surface area contributed by atoms with Gasteiger partial charge in [0.2, 0.25) is 0 Å². The number of hydrogen-bond donors (Lipinski definition) is 1. The minimum absolute atomic E-state index is 0.419. The van der Waals surface area contributed by atoms with Crippen molar-refractivity contribution < 1.29 is 8.78 Å². The number of nitrogens with one attached hydrogen (secondary N) is 1. The first-order chi connectivity index (χ1) is 15.0. The highest BCUT2D eigenvalue weighted by Gasteiger charge is 2.23. The van der Waals surface area contributed by atoms with Crippen molar-refractivity contribution in [2.45, 2.75) is 32.6 Å². The molecule has 0 bridgehead atoms. The fraction of sp³-hybridized carbons (Fsp3) is 0.542. The SMILES string of the molecule is C=C=C(C)N1CCC(=N/CNC)/C(=N\CN2CCC(Cc3ccc(F)cc3F)CC2)C1. The molecule has 2 heterocycles. The average Bonchev–Trinajstić information content (AvgIpc) is 2.78. The summed E-state index contributed by atoms with van der Waals surface area (Å²) in [5, 5.41) is 3.08. The lowest BCUT2D eigenvalue weighted by Gasteiger charge is -2.33. The van der Waals surface area contributed by atoms with Crippen molar-refractivity contribution in [3.63, 3.8) is 0 Å². The first-order valence-corrected chi connectivity index (χ1v) is 11.0. The normalized spacial score (nSPS) is 21.0. The van der Waals surface area contributed by atoms with E-state index in [9.17, 15) is 8.78 Å². The maximum absolute atomic E-state index is 14.0. The number of hydrogen-bond acceptors (Lipinski definition) is 5. The molecule has 0 radical (unpaired) electrons. The largest absolute Gasteiger partial charge is 0.362 e. The molecular weight excluding hydrogens is 396 g/mol. The summed E-state index contributed by atoms with van der Waals surface area (Å²) in [7, 11) is 1.89. The molecule has 1 N–H and O–H groups in total. The minimum atomic E-state index is -0.520. The number of benzene rings is 1. The number of piperidine rings is 2. The van der Waals surface area contributed by atoms with Gasteiger partial charge in [-0.05, 0) is 50.8 Å². The van der Waals surface area contributed by atoms with E-state index in [1.807, 2.05) is 14.0 Å². The van der Waals surface area contributed by atoms with Crippen LogP contribution in [0.15, 0.2) is 46.2 Å². The van der Waals surface area contributed by atoms with Gasteiger partial charge in [0.15, 0.2) is 0 Å². The van der Waals surface area contributed by atoms with Gasteiger partial charge < -0.3 is 10.2 Å². The monoisotopic (exact) mass is 429 g/mol. The molecule has 2 aliphatic rings. The number of rotatable bonds is 7. The molecule has 31 heavy (non-hydrogen) atoms. The Morgan fingerprint density at radius 1 is 1.19 bits per heavy atom. The summed E-state index contributed by atoms with van der Waals surface area (Å²) in [6.45, 7) is 10.5. The quantitative estimate of drug-likeness (QED) is 0.673. The van der Waals surface area contributed by atoms with Crippen LogP contribution in [0.25, 0.3) is 0 Å². The molecule has 168 valence electrons. The Morgan fingerprint density at radius 2 is 1.97 bits per heavy atom. The molecule has 2 aliphatic heterocycles. The van der Waals surface area contributed by atoms with Gasteiger partial charge in [0.25, 0.3) is 0 Å². The predicted molar refractivity (Wildman–Crippen MR) is 123 cm³/mol. The van der Waals surface area contributed by atoms with E-state index in [1.54, 1.807) is 6.07 Å². The minimum Gasteiger partial charge on any atom is -0.362 e. The van der Waals surface area contributed by atoms with Crippen molar-refractivity contribution in [1.82, 2.24) is 15.1 Å². The highest BCUT2D eigenvalue weighted by Crippen LogP contribution is 2.23. The van der Waals surface area contributed by atoms with Crippen molar-refractivity contribution in [2.24, 2.45) is 15.9 Å². The molecule has 2 fully saturated rings. The third-order valence-corrected chi connectivity index (χ3v) is 6.14. The Balaban J connectivity index is 1.56. The van der Waals surface area contributed by atoms with Crippen LogP contribution in [0, 0.1) is 17.6 Å².